The molecule has 0 aromatic heterocycles. The van der Waals surface area contributed by atoms with Crippen molar-refractivity contribution in [2.75, 3.05) is 26.7 Å². The van der Waals surface area contributed by atoms with E-state index in [4.69, 9.17) is 4.74 Å². The van der Waals surface area contributed by atoms with Gasteiger partial charge in [0.25, 0.3) is 0 Å². The standard InChI is InChI=1S/C22H27NO2/c1-15-10-11-23(13-16-6-7-16)14-20(15)22(24)18-8-9-19-17(12-18)4-3-5-21(19)25-2/h3-5,8-9,12,15-16,20H,6-7,10-11,13-14H2,1-2H3/t15-,20+/m0/s1. The lowest BCUT2D eigenvalue weighted by molar-refractivity contribution is 0.0711. The van der Waals surface area contributed by atoms with E-state index in [-0.39, 0.29) is 5.92 Å². The minimum atomic E-state index is 0.121. The molecular weight excluding hydrogens is 310 g/mol. The van der Waals surface area contributed by atoms with Crippen LogP contribution in [0, 0.1) is 17.8 Å². The zero-order chi connectivity index (χ0) is 17.4. The number of hydrogen-bond acceptors (Lipinski definition) is 3. The van der Waals surface area contributed by atoms with Gasteiger partial charge in [-0.05, 0) is 61.2 Å². The van der Waals surface area contributed by atoms with Gasteiger partial charge < -0.3 is 9.64 Å². The summed E-state index contributed by atoms with van der Waals surface area (Å²) in [5, 5.41) is 2.14. The van der Waals surface area contributed by atoms with Gasteiger partial charge in [-0.2, -0.15) is 0 Å². The summed E-state index contributed by atoms with van der Waals surface area (Å²) in [7, 11) is 1.69. The Balaban J connectivity index is 1.57. The second-order valence-electron chi connectivity index (χ2n) is 7.84. The van der Waals surface area contributed by atoms with Crippen molar-refractivity contribution >= 4 is 16.6 Å². The molecule has 0 amide bonds. The summed E-state index contributed by atoms with van der Waals surface area (Å²) >= 11 is 0. The van der Waals surface area contributed by atoms with E-state index in [0.717, 1.165) is 47.5 Å². The fraction of sp³-hybridized carbons (Fsp3) is 0.500. The molecule has 0 bridgehead atoms. The van der Waals surface area contributed by atoms with Crippen LogP contribution in [0.25, 0.3) is 10.8 Å². The third kappa shape index (κ3) is 3.43. The second kappa shape index (κ2) is 6.80. The first kappa shape index (κ1) is 16.6. The Kier molecular flexibility index (Phi) is 4.51. The van der Waals surface area contributed by atoms with Gasteiger partial charge in [0, 0.05) is 30.0 Å². The van der Waals surface area contributed by atoms with Crippen LogP contribution in [0.1, 0.15) is 36.5 Å². The van der Waals surface area contributed by atoms with E-state index in [1.165, 1.54) is 19.4 Å². The number of likely N-dealkylation sites (tertiary alicyclic amines) is 1. The Morgan fingerprint density at radius 2 is 2.04 bits per heavy atom. The molecule has 0 unspecified atom stereocenters. The number of carbonyl (C=O) groups is 1. The Labute approximate surface area is 150 Å². The fourth-order valence-electron chi connectivity index (χ4n) is 4.11. The predicted octanol–water partition coefficient (Wildman–Crippen LogP) is 4.40. The fourth-order valence-corrected chi connectivity index (χ4v) is 4.11. The number of piperidine rings is 1. The number of fused-ring (bicyclic) bond motifs is 1. The highest BCUT2D eigenvalue weighted by molar-refractivity contribution is 6.02. The van der Waals surface area contributed by atoms with Crippen molar-refractivity contribution in [3.8, 4) is 5.75 Å². The highest BCUT2D eigenvalue weighted by Crippen LogP contribution is 2.34. The van der Waals surface area contributed by atoms with Gasteiger partial charge in [0.05, 0.1) is 7.11 Å². The normalized spacial score (nSPS) is 24.4. The molecule has 1 saturated heterocycles. The topological polar surface area (TPSA) is 29.5 Å². The van der Waals surface area contributed by atoms with Gasteiger partial charge >= 0.3 is 0 Å². The molecule has 2 aliphatic rings. The Morgan fingerprint density at radius 3 is 2.80 bits per heavy atom. The third-order valence-corrected chi connectivity index (χ3v) is 5.94. The molecule has 0 radical (unpaired) electrons. The number of ether oxygens (including phenoxy) is 1. The molecule has 1 aliphatic heterocycles. The van der Waals surface area contributed by atoms with E-state index in [1.807, 2.05) is 30.3 Å². The average Bonchev–Trinajstić information content (AvgIpc) is 3.45. The van der Waals surface area contributed by atoms with Crippen LogP contribution in [-0.2, 0) is 0 Å². The van der Waals surface area contributed by atoms with E-state index in [9.17, 15) is 4.79 Å². The predicted molar refractivity (Wildman–Crippen MR) is 101 cm³/mol. The van der Waals surface area contributed by atoms with E-state index < -0.39 is 0 Å². The molecule has 4 rings (SSSR count). The highest BCUT2D eigenvalue weighted by atomic mass is 16.5. The summed E-state index contributed by atoms with van der Waals surface area (Å²) in [6.07, 6.45) is 3.87. The molecule has 3 nitrogen and oxygen atoms in total. The first-order chi connectivity index (χ1) is 12.2. The number of nitrogens with zero attached hydrogens (tertiary/aromatic N) is 1. The zero-order valence-electron chi connectivity index (χ0n) is 15.2. The molecule has 2 atom stereocenters. The van der Waals surface area contributed by atoms with Gasteiger partial charge in [-0.3, -0.25) is 4.79 Å². The molecule has 2 aromatic rings. The van der Waals surface area contributed by atoms with Crippen LogP contribution in [0.3, 0.4) is 0 Å². The molecule has 1 aliphatic carbocycles. The summed E-state index contributed by atoms with van der Waals surface area (Å²) in [4.78, 5) is 15.7. The molecule has 2 fully saturated rings. The van der Waals surface area contributed by atoms with E-state index in [1.54, 1.807) is 7.11 Å². The number of rotatable bonds is 5. The van der Waals surface area contributed by atoms with Gasteiger partial charge in [0.15, 0.2) is 5.78 Å². The lowest BCUT2D eigenvalue weighted by Gasteiger charge is -2.36. The molecule has 1 heterocycles. The maximum Gasteiger partial charge on any atom is 0.167 e. The molecular formula is C22H27NO2. The van der Waals surface area contributed by atoms with Crippen molar-refractivity contribution in [2.24, 2.45) is 17.8 Å². The van der Waals surface area contributed by atoms with Gasteiger partial charge in [-0.15, -0.1) is 0 Å². The molecule has 3 heteroatoms. The van der Waals surface area contributed by atoms with E-state index in [2.05, 4.69) is 17.9 Å². The molecule has 1 saturated carbocycles. The largest absolute Gasteiger partial charge is 0.496 e. The molecule has 0 N–H and O–H groups in total. The summed E-state index contributed by atoms with van der Waals surface area (Å²) in [5.74, 6) is 2.63. The lowest BCUT2D eigenvalue weighted by atomic mass is 9.81. The zero-order valence-corrected chi connectivity index (χ0v) is 15.2. The maximum atomic E-state index is 13.2. The number of benzene rings is 2. The van der Waals surface area contributed by atoms with Crippen LogP contribution < -0.4 is 4.74 Å². The molecule has 2 aromatic carbocycles. The minimum Gasteiger partial charge on any atom is -0.496 e. The van der Waals surface area contributed by atoms with Crippen LogP contribution in [-0.4, -0.2) is 37.4 Å². The average molecular weight is 337 g/mol. The van der Waals surface area contributed by atoms with Gasteiger partial charge in [-0.1, -0.05) is 25.1 Å². The quantitative estimate of drug-likeness (QED) is 0.758. The van der Waals surface area contributed by atoms with Crippen molar-refractivity contribution < 1.29 is 9.53 Å². The van der Waals surface area contributed by atoms with E-state index in [0.29, 0.717) is 11.7 Å². The molecule has 0 spiro atoms. The van der Waals surface area contributed by atoms with Crippen LogP contribution >= 0.6 is 0 Å². The van der Waals surface area contributed by atoms with Crippen molar-refractivity contribution in [1.82, 2.24) is 4.90 Å². The number of methoxy groups -OCH3 is 1. The Hall–Kier alpha value is -1.87. The first-order valence-electron chi connectivity index (χ1n) is 9.49. The monoisotopic (exact) mass is 337 g/mol. The Morgan fingerprint density at radius 1 is 1.20 bits per heavy atom. The van der Waals surface area contributed by atoms with Crippen LogP contribution in [0.15, 0.2) is 36.4 Å². The molecule has 25 heavy (non-hydrogen) atoms. The number of Topliss-reactive ketones (excluding diaryl/α,β-unsaturated/α-hetero) is 1. The third-order valence-electron chi connectivity index (χ3n) is 5.94. The second-order valence-corrected chi connectivity index (χ2v) is 7.84. The summed E-state index contributed by atoms with van der Waals surface area (Å²) in [6.45, 7) is 5.50. The molecule has 132 valence electrons. The number of hydrogen-bond donors (Lipinski definition) is 0. The summed E-state index contributed by atoms with van der Waals surface area (Å²) in [5.41, 5.74) is 0.839. The summed E-state index contributed by atoms with van der Waals surface area (Å²) in [6, 6.07) is 12.0. The van der Waals surface area contributed by atoms with Gasteiger partial charge in [0.1, 0.15) is 5.75 Å². The number of ketones is 1. The first-order valence-corrected chi connectivity index (χ1v) is 9.49. The highest BCUT2D eigenvalue weighted by Gasteiger charge is 2.34. The maximum absolute atomic E-state index is 13.2. The van der Waals surface area contributed by atoms with Gasteiger partial charge in [-0.25, -0.2) is 0 Å². The number of carbonyl (C=O) groups excluding carboxylic acids is 1. The van der Waals surface area contributed by atoms with Gasteiger partial charge in [0.2, 0.25) is 0 Å². The summed E-state index contributed by atoms with van der Waals surface area (Å²) < 4.78 is 5.43. The minimum absolute atomic E-state index is 0.121. The smallest absolute Gasteiger partial charge is 0.167 e. The Bertz CT molecular complexity index is 781. The van der Waals surface area contributed by atoms with Crippen LogP contribution in [0.2, 0.25) is 0 Å². The van der Waals surface area contributed by atoms with E-state index >= 15 is 0 Å². The SMILES string of the molecule is COc1cccc2cc(C(=O)[C@@H]3CN(CC4CC4)CC[C@@H]3C)ccc12. The van der Waals surface area contributed by atoms with Crippen LogP contribution in [0.5, 0.6) is 5.75 Å². The van der Waals surface area contributed by atoms with Crippen molar-refractivity contribution in [2.45, 2.75) is 26.2 Å². The van der Waals surface area contributed by atoms with Crippen molar-refractivity contribution in [3.05, 3.63) is 42.0 Å². The lowest BCUT2D eigenvalue weighted by Crippen LogP contribution is -2.43. The van der Waals surface area contributed by atoms with Crippen LogP contribution in [0.4, 0.5) is 0 Å². The van der Waals surface area contributed by atoms with Crippen molar-refractivity contribution in [1.29, 1.82) is 0 Å². The van der Waals surface area contributed by atoms with Crippen molar-refractivity contribution in [3.63, 3.8) is 0 Å².